The highest BCUT2D eigenvalue weighted by molar-refractivity contribution is 7.89. The van der Waals surface area contributed by atoms with Crippen molar-refractivity contribution >= 4 is 39.7 Å². The second kappa shape index (κ2) is 10.1. The Kier molecular flexibility index (Phi) is 8.82. The van der Waals surface area contributed by atoms with Crippen LogP contribution in [0.5, 0.6) is 0 Å². The van der Waals surface area contributed by atoms with E-state index >= 15 is 0 Å². The zero-order chi connectivity index (χ0) is 18.4. The van der Waals surface area contributed by atoms with Crippen molar-refractivity contribution in [3.8, 4) is 0 Å². The molecule has 1 atom stereocenters. The number of sulfonamides is 1. The van der Waals surface area contributed by atoms with Crippen LogP contribution in [0.2, 0.25) is 0 Å². The van der Waals surface area contributed by atoms with Gasteiger partial charge in [-0.2, -0.15) is 0 Å². The van der Waals surface area contributed by atoms with Crippen LogP contribution in [0.15, 0.2) is 23.1 Å². The summed E-state index contributed by atoms with van der Waals surface area (Å²) in [7, 11) is -0.571. The zero-order valence-electron chi connectivity index (χ0n) is 15.5. The summed E-state index contributed by atoms with van der Waals surface area (Å²) in [4.78, 5) is 12.5. The fraction of sp³-hybridized carbons (Fsp3) is 0.588. The standard InChI is InChI=1S/C17H28N4O3S.ClH/c1-4-19-15-7-6-14(25(23,24)21(2)3)11-16(15)20-17(22)8-5-13-9-10-18-12-13;/h6-7,11,13,18-19H,4-5,8-10,12H2,1-3H3,(H,20,22);1H. The molecule has 2 rings (SSSR count). The van der Waals surface area contributed by atoms with E-state index in [0.29, 0.717) is 24.6 Å². The summed E-state index contributed by atoms with van der Waals surface area (Å²) >= 11 is 0. The third-order valence-electron chi connectivity index (χ3n) is 4.35. The number of anilines is 2. The fourth-order valence-corrected chi connectivity index (χ4v) is 3.78. The highest BCUT2D eigenvalue weighted by Gasteiger charge is 2.20. The first kappa shape index (κ1) is 22.7. The van der Waals surface area contributed by atoms with Crippen LogP contribution in [-0.2, 0) is 14.8 Å². The molecule has 1 aliphatic rings. The van der Waals surface area contributed by atoms with Crippen molar-refractivity contribution in [2.24, 2.45) is 5.92 Å². The van der Waals surface area contributed by atoms with Gasteiger partial charge in [0.05, 0.1) is 16.3 Å². The number of amides is 1. The molecule has 1 aromatic carbocycles. The number of benzene rings is 1. The summed E-state index contributed by atoms with van der Waals surface area (Å²) in [5.41, 5.74) is 1.22. The third-order valence-corrected chi connectivity index (χ3v) is 6.16. The Morgan fingerprint density at radius 3 is 2.62 bits per heavy atom. The van der Waals surface area contributed by atoms with Crippen molar-refractivity contribution in [2.45, 2.75) is 31.1 Å². The lowest BCUT2D eigenvalue weighted by Crippen LogP contribution is -2.23. The maximum Gasteiger partial charge on any atom is 0.242 e. The Bertz CT molecular complexity index is 704. The first-order chi connectivity index (χ1) is 11.8. The van der Waals surface area contributed by atoms with E-state index in [1.54, 1.807) is 12.1 Å². The summed E-state index contributed by atoms with van der Waals surface area (Å²) in [6, 6.07) is 4.76. The summed E-state index contributed by atoms with van der Waals surface area (Å²) < 4.78 is 25.8. The van der Waals surface area contributed by atoms with Crippen molar-refractivity contribution in [2.75, 3.05) is 44.4 Å². The Morgan fingerprint density at radius 2 is 2.04 bits per heavy atom. The number of halogens is 1. The van der Waals surface area contributed by atoms with Gasteiger partial charge in [0, 0.05) is 27.1 Å². The van der Waals surface area contributed by atoms with Gasteiger partial charge in [-0.25, -0.2) is 12.7 Å². The van der Waals surface area contributed by atoms with Gasteiger partial charge in [0.25, 0.3) is 0 Å². The number of rotatable bonds is 8. The number of hydrogen-bond acceptors (Lipinski definition) is 5. The second-order valence-corrected chi connectivity index (χ2v) is 8.62. The van der Waals surface area contributed by atoms with Crippen molar-refractivity contribution in [3.05, 3.63) is 18.2 Å². The van der Waals surface area contributed by atoms with E-state index in [9.17, 15) is 13.2 Å². The fourth-order valence-electron chi connectivity index (χ4n) is 2.85. The molecule has 0 bridgehead atoms. The molecule has 0 spiro atoms. The molecule has 1 aromatic rings. The number of nitrogens with one attached hydrogen (secondary N) is 3. The van der Waals surface area contributed by atoms with E-state index in [0.717, 1.165) is 35.9 Å². The van der Waals surface area contributed by atoms with E-state index in [2.05, 4.69) is 16.0 Å². The number of nitrogens with zero attached hydrogens (tertiary/aromatic N) is 1. The molecule has 1 heterocycles. The summed E-state index contributed by atoms with van der Waals surface area (Å²) in [6.45, 7) is 4.60. The van der Waals surface area contributed by atoms with Crippen LogP contribution in [0.4, 0.5) is 11.4 Å². The number of carbonyl (C=O) groups excluding carboxylic acids is 1. The van der Waals surface area contributed by atoms with Gasteiger partial charge in [0.2, 0.25) is 15.9 Å². The average molecular weight is 405 g/mol. The van der Waals surface area contributed by atoms with Crippen molar-refractivity contribution in [1.29, 1.82) is 0 Å². The quantitative estimate of drug-likeness (QED) is 0.617. The van der Waals surface area contributed by atoms with Crippen LogP contribution in [0.1, 0.15) is 26.2 Å². The van der Waals surface area contributed by atoms with Crippen LogP contribution in [0.25, 0.3) is 0 Å². The largest absolute Gasteiger partial charge is 0.384 e. The normalized spacial score (nSPS) is 17.0. The number of hydrogen-bond donors (Lipinski definition) is 3. The lowest BCUT2D eigenvalue weighted by Gasteiger charge is -2.16. The molecule has 1 unspecified atom stereocenters. The molecule has 0 saturated carbocycles. The SMILES string of the molecule is CCNc1ccc(S(=O)(=O)N(C)C)cc1NC(=O)CCC1CCNC1.Cl. The van der Waals surface area contributed by atoms with Gasteiger partial charge < -0.3 is 16.0 Å². The molecule has 0 aromatic heterocycles. The van der Waals surface area contributed by atoms with Gasteiger partial charge in [-0.15, -0.1) is 12.4 Å². The molecule has 1 aliphatic heterocycles. The van der Waals surface area contributed by atoms with Crippen LogP contribution in [0, 0.1) is 5.92 Å². The molecular weight excluding hydrogens is 376 g/mol. The summed E-state index contributed by atoms with van der Waals surface area (Å²) in [5, 5.41) is 9.31. The summed E-state index contributed by atoms with van der Waals surface area (Å²) in [6.07, 6.45) is 2.38. The van der Waals surface area contributed by atoms with Gasteiger partial charge in [0.1, 0.15) is 0 Å². The Hall–Kier alpha value is -1.35. The molecule has 1 saturated heterocycles. The van der Waals surface area contributed by atoms with Gasteiger partial charge in [-0.3, -0.25) is 4.79 Å². The smallest absolute Gasteiger partial charge is 0.242 e. The number of carbonyl (C=O) groups is 1. The van der Waals surface area contributed by atoms with Crippen LogP contribution >= 0.6 is 12.4 Å². The van der Waals surface area contributed by atoms with Gasteiger partial charge >= 0.3 is 0 Å². The maximum absolute atomic E-state index is 12.3. The molecular formula is C17H29ClN4O3S. The van der Waals surface area contributed by atoms with Crippen molar-refractivity contribution in [1.82, 2.24) is 9.62 Å². The Morgan fingerprint density at radius 1 is 1.31 bits per heavy atom. The van der Waals surface area contributed by atoms with Gasteiger partial charge in [-0.1, -0.05) is 0 Å². The maximum atomic E-state index is 12.3. The molecule has 0 radical (unpaired) electrons. The predicted molar refractivity (Wildman–Crippen MR) is 108 cm³/mol. The van der Waals surface area contributed by atoms with Crippen molar-refractivity contribution < 1.29 is 13.2 Å². The van der Waals surface area contributed by atoms with Gasteiger partial charge in [-0.05, 0) is 57.0 Å². The topological polar surface area (TPSA) is 90.5 Å². The molecule has 1 fully saturated rings. The van der Waals surface area contributed by atoms with E-state index in [1.165, 1.54) is 20.2 Å². The van der Waals surface area contributed by atoms with Crippen LogP contribution < -0.4 is 16.0 Å². The van der Waals surface area contributed by atoms with Crippen molar-refractivity contribution in [3.63, 3.8) is 0 Å². The van der Waals surface area contributed by atoms with Gasteiger partial charge in [0.15, 0.2) is 0 Å². The lowest BCUT2D eigenvalue weighted by atomic mass is 10.0. The van der Waals surface area contributed by atoms with E-state index in [1.807, 2.05) is 6.92 Å². The molecule has 0 aliphatic carbocycles. The minimum atomic E-state index is -3.55. The molecule has 148 valence electrons. The van der Waals surface area contributed by atoms with E-state index in [-0.39, 0.29) is 23.2 Å². The molecule has 1 amide bonds. The minimum absolute atomic E-state index is 0. The highest BCUT2D eigenvalue weighted by Crippen LogP contribution is 2.27. The van der Waals surface area contributed by atoms with E-state index < -0.39 is 10.0 Å². The molecule has 3 N–H and O–H groups in total. The van der Waals surface area contributed by atoms with Crippen LogP contribution in [0.3, 0.4) is 0 Å². The Labute approximate surface area is 162 Å². The third kappa shape index (κ3) is 5.84. The van der Waals surface area contributed by atoms with E-state index in [4.69, 9.17) is 0 Å². The first-order valence-corrected chi connectivity index (χ1v) is 10.1. The lowest BCUT2D eigenvalue weighted by molar-refractivity contribution is -0.116. The minimum Gasteiger partial charge on any atom is -0.384 e. The Balaban J connectivity index is 0.00000338. The molecule has 9 heteroatoms. The highest BCUT2D eigenvalue weighted by atomic mass is 35.5. The first-order valence-electron chi connectivity index (χ1n) is 8.65. The average Bonchev–Trinajstić information content (AvgIpc) is 3.08. The molecule has 26 heavy (non-hydrogen) atoms. The van der Waals surface area contributed by atoms with Crippen LogP contribution in [-0.4, -0.2) is 52.4 Å². The second-order valence-electron chi connectivity index (χ2n) is 6.47. The molecule has 7 nitrogen and oxygen atoms in total. The monoisotopic (exact) mass is 404 g/mol. The zero-order valence-corrected chi connectivity index (χ0v) is 17.2. The predicted octanol–water partition coefficient (Wildman–Crippen LogP) is 2.12. The summed E-state index contributed by atoms with van der Waals surface area (Å²) in [5.74, 6) is 0.449.